The van der Waals surface area contributed by atoms with Crippen molar-refractivity contribution in [3.63, 3.8) is 0 Å². The molecule has 42 heavy (non-hydrogen) atoms. The van der Waals surface area contributed by atoms with Gasteiger partial charge < -0.3 is 29.6 Å². The molecular formula is C32H64N2O7S. The summed E-state index contributed by atoms with van der Waals surface area (Å²) in [5.41, 5.74) is 3.85. The van der Waals surface area contributed by atoms with Gasteiger partial charge in [-0.2, -0.15) is 0 Å². The molecule has 0 radical (unpaired) electrons. The normalized spacial score (nSPS) is 18.6. The number of carbonyl (C=O) groups excluding carboxylic acids is 3. The number of nitrogens with two attached hydrogens (primary N) is 1. The minimum Gasteiger partial charge on any atom is -0.379 e. The zero-order valence-electron chi connectivity index (χ0n) is 28.8. The van der Waals surface area contributed by atoms with Crippen LogP contribution in [0.3, 0.4) is 0 Å². The van der Waals surface area contributed by atoms with Crippen molar-refractivity contribution in [3.05, 3.63) is 0 Å². The standard InChI is InChI=1S/C29H53NO7S.C2H6.CH5N/c1-20(2)16-29(8,38)37-25-14-24(15-25)36-28(6,7)17-27(33)30(9)23(18-34-12-10-22(5)31)19-35-13-11-26(32)21(3)4;2*1-2/h20-21,23-25,38H,10-19H2,1-9H3;1-2H3;2H2,1H3. The van der Waals surface area contributed by atoms with Crippen molar-refractivity contribution in [1.29, 1.82) is 0 Å². The minimum absolute atomic E-state index is 0.0317. The van der Waals surface area contributed by atoms with E-state index in [1.165, 1.54) is 14.0 Å². The number of amides is 1. The molecule has 2 N–H and O–H groups in total. The molecule has 0 saturated heterocycles. The van der Waals surface area contributed by atoms with Gasteiger partial charge in [0.15, 0.2) is 0 Å². The van der Waals surface area contributed by atoms with Crippen molar-refractivity contribution < 1.29 is 33.3 Å². The third-order valence-electron chi connectivity index (χ3n) is 6.62. The zero-order chi connectivity index (χ0) is 33.1. The Hall–Kier alpha value is -1.04. The number of rotatable bonds is 20. The highest BCUT2D eigenvalue weighted by atomic mass is 32.1. The molecule has 0 aliphatic heterocycles. The molecule has 2 atom stereocenters. The van der Waals surface area contributed by atoms with Crippen LogP contribution in [-0.2, 0) is 33.3 Å². The molecule has 1 fully saturated rings. The van der Waals surface area contributed by atoms with Gasteiger partial charge >= 0.3 is 0 Å². The largest absolute Gasteiger partial charge is 0.379 e. The van der Waals surface area contributed by atoms with Gasteiger partial charge in [0, 0.05) is 38.6 Å². The Morgan fingerprint density at radius 1 is 0.905 bits per heavy atom. The van der Waals surface area contributed by atoms with Crippen LogP contribution < -0.4 is 5.73 Å². The van der Waals surface area contributed by atoms with Crippen molar-refractivity contribution in [2.45, 2.75) is 137 Å². The van der Waals surface area contributed by atoms with Crippen LogP contribution >= 0.6 is 12.6 Å². The summed E-state index contributed by atoms with van der Waals surface area (Å²) in [5, 5.41) is 0. The van der Waals surface area contributed by atoms with Crippen molar-refractivity contribution in [2.24, 2.45) is 17.6 Å². The Labute approximate surface area is 262 Å². The molecule has 0 aromatic carbocycles. The van der Waals surface area contributed by atoms with Crippen molar-refractivity contribution in [3.8, 4) is 0 Å². The van der Waals surface area contributed by atoms with Gasteiger partial charge in [-0.1, -0.05) is 41.5 Å². The molecule has 0 aromatic rings. The summed E-state index contributed by atoms with van der Waals surface area (Å²) in [6, 6.07) is -0.338. The summed E-state index contributed by atoms with van der Waals surface area (Å²) in [5.74, 6) is 0.587. The van der Waals surface area contributed by atoms with Crippen molar-refractivity contribution in [2.75, 3.05) is 40.5 Å². The fourth-order valence-corrected chi connectivity index (χ4v) is 4.96. The van der Waals surface area contributed by atoms with Gasteiger partial charge in [-0.25, -0.2) is 0 Å². The van der Waals surface area contributed by atoms with Crippen LogP contribution in [0.25, 0.3) is 0 Å². The number of ether oxygens (including phenoxy) is 4. The van der Waals surface area contributed by atoms with E-state index in [0.29, 0.717) is 32.0 Å². The molecule has 1 saturated carbocycles. The van der Waals surface area contributed by atoms with Crippen LogP contribution in [0, 0.1) is 11.8 Å². The van der Waals surface area contributed by atoms with E-state index < -0.39 is 10.5 Å². The lowest BCUT2D eigenvalue weighted by Gasteiger charge is -2.43. The predicted molar refractivity (Wildman–Crippen MR) is 174 cm³/mol. The molecule has 1 aliphatic carbocycles. The molecule has 1 aliphatic rings. The average Bonchev–Trinajstić information content (AvgIpc) is 2.86. The zero-order valence-corrected chi connectivity index (χ0v) is 29.7. The van der Waals surface area contributed by atoms with Gasteiger partial charge in [0.05, 0.1) is 56.7 Å². The molecule has 1 amide bonds. The molecule has 0 bridgehead atoms. The molecule has 1 rings (SSSR count). The second kappa shape index (κ2) is 22.5. The second-order valence-corrected chi connectivity index (χ2v) is 13.2. The Kier molecular flexibility index (Phi) is 23.0. The van der Waals surface area contributed by atoms with E-state index >= 15 is 0 Å². The number of hydrogen-bond donors (Lipinski definition) is 2. The lowest BCUT2D eigenvalue weighted by atomic mass is 9.90. The fourth-order valence-electron chi connectivity index (χ4n) is 4.45. The molecule has 0 aromatic heterocycles. The number of ketones is 2. The monoisotopic (exact) mass is 620 g/mol. The van der Waals surface area contributed by atoms with Gasteiger partial charge in [-0.05, 0) is 47.1 Å². The average molecular weight is 621 g/mol. The lowest BCUT2D eigenvalue weighted by molar-refractivity contribution is -0.178. The van der Waals surface area contributed by atoms with E-state index in [2.05, 4.69) is 32.2 Å². The summed E-state index contributed by atoms with van der Waals surface area (Å²) in [6.45, 7) is 20.5. The van der Waals surface area contributed by atoms with Gasteiger partial charge in [0.1, 0.15) is 16.5 Å². The summed E-state index contributed by atoms with van der Waals surface area (Å²) >= 11 is 4.68. The fraction of sp³-hybridized carbons (Fsp3) is 0.906. The van der Waals surface area contributed by atoms with E-state index in [1.807, 2.05) is 48.5 Å². The first-order valence-electron chi connectivity index (χ1n) is 15.6. The number of thiol groups is 1. The van der Waals surface area contributed by atoms with Crippen molar-refractivity contribution in [1.82, 2.24) is 4.90 Å². The van der Waals surface area contributed by atoms with Gasteiger partial charge in [0.25, 0.3) is 0 Å². The van der Waals surface area contributed by atoms with Crippen LogP contribution in [0.4, 0.5) is 0 Å². The van der Waals surface area contributed by atoms with Gasteiger partial charge in [-0.15, -0.1) is 12.6 Å². The predicted octanol–water partition coefficient (Wildman–Crippen LogP) is 5.47. The summed E-state index contributed by atoms with van der Waals surface area (Å²) < 4.78 is 23.9. The lowest BCUT2D eigenvalue weighted by Crippen LogP contribution is -2.48. The van der Waals surface area contributed by atoms with Crippen LogP contribution in [-0.4, -0.2) is 91.7 Å². The number of likely N-dealkylation sites (N-methyl/N-ethyl adjacent to an activating group) is 1. The Balaban J connectivity index is 0. The maximum Gasteiger partial charge on any atom is 0.225 e. The van der Waals surface area contributed by atoms with E-state index in [1.54, 1.807) is 11.9 Å². The topological polar surface area (TPSA) is 117 Å². The number of hydrogen-bond acceptors (Lipinski definition) is 9. The second-order valence-electron chi connectivity index (χ2n) is 12.3. The molecule has 9 nitrogen and oxygen atoms in total. The quantitative estimate of drug-likeness (QED) is 0.105. The molecule has 0 heterocycles. The van der Waals surface area contributed by atoms with E-state index in [9.17, 15) is 14.4 Å². The molecule has 10 heteroatoms. The highest BCUT2D eigenvalue weighted by Crippen LogP contribution is 2.36. The minimum atomic E-state index is -0.645. The Morgan fingerprint density at radius 2 is 1.38 bits per heavy atom. The maximum atomic E-state index is 13.2. The smallest absolute Gasteiger partial charge is 0.225 e. The van der Waals surface area contributed by atoms with Gasteiger partial charge in [-0.3, -0.25) is 14.4 Å². The Morgan fingerprint density at radius 3 is 1.83 bits per heavy atom. The van der Waals surface area contributed by atoms with Crippen LogP contribution in [0.15, 0.2) is 0 Å². The highest BCUT2D eigenvalue weighted by Gasteiger charge is 2.39. The van der Waals surface area contributed by atoms with Crippen LogP contribution in [0.2, 0.25) is 0 Å². The highest BCUT2D eigenvalue weighted by molar-refractivity contribution is 7.81. The van der Waals surface area contributed by atoms with Crippen LogP contribution in [0.5, 0.6) is 0 Å². The van der Waals surface area contributed by atoms with E-state index in [0.717, 1.165) is 19.3 Å². The van der Waals surface area contributed by atoms with Crippen molar-refractivity contribution >= 4 is 30.1 Å². The number of nitrogens with zero attached hydrogens (tertiary/aromatic N) is 1. The first-order chi connectivity index (χ1) is 19.5. The Bertz CT molecular complexity index is 753. The first-order valence-corrected chi connectivity index (χ1v) is 16.0. The maximum absolute atomic E-state index is 13.2. The molecule has 250 valence electrons. The third kappa shape index (κ3) is 20.0. The summed E-state index contributed by atoms with van der Waals surface area (Å²) in [6.07, 6.45) is 3.49. The van der Waals surface area contributed by atoms with E-state index in [4.69, 9.17) is 18.9 Å². The van der Waals surface area contributed by atoms with E-state index in [-0.39, 0.29) is 61.3 Å². The van der Waals surface area contributed by atoms with Gasteiger partial charge in [0.2, 0.25) is 5.91 Å². The molecule has 0 spiro atoms. The third-order valence-corrected chi connectivity index (χ3v) is 6.91. The molecular weight excluding hydrogens is 556 g/mol. The summed E-state index contributed by atoms with van der Waals surface area (Å²) in [7, 11) is 3.23. The summed E-state index contributed by atoms with van der Waals surface area (Å²) in [4.78, 5) is 37.5. The van der Waals surface area contributed by atoms with Crippen LogP contribution in [0.1, 0.15) is 108 Å². The first kappa shape index (κ1) is 43.1. The number of Topliss-reactive ketones (excluding diaryl/α,β-unsaturated/α-hetero) is 2. The molecule has 2 unspecified atom stereocenters. The number of carbonyl (C=O) groups is 3. The SMILES string of the molecule is CC.CC(=O)CCOCC(COCCC(=O)C(C)C)N(C)C(=O)CC(C)(C)OC1CC(OC(C)(S)CC(C)C)C1.CN.